The molecule has 0 unspecified atom stereocenters. The highest BCUT2D eigenvalue weighted by molar-refractivity contribution is 5.55. The van der Waals surface area contributed by atoms with Crippen LogP contribution in [-0.4, -0.2) is 17.1 Å². The standard InChI is InChI=1S/C13H18N4/c14-8-11-4-7-16-9-12(11)17-10-13(15)5-2-1-3-6-13/h4,7,9,17H,1-3,5-6,10,15H2. The van der Waals surface area contributed by atoms with E-state index in [0.29, 0.717) is 12.1 Å². The lowest BCUT2D eigenvalue weighted by Crippen LogP contribution is -2.47. The van der Waals surface area contributed by atoms with Gasteiger partial charge in [-0.25, -0.2) is 0 Å². The molecule has 0 spiro atoms. The number of rotatable bonds is 3. The van der Waals surface area contributed by atoms with Crippen LogP contribution in [0.2, 0.25) is 0 Å². The SMILES string of the molecule is N#Cc1ccncc1NCC1(N)CCCCC1. The smallest absolute Gasteiger partial charge is 0.101 e. The Kier molecular flexibility index (Phi) is 3.60. The molecular formula is C13H18N4. The largest absolute Gasteiger partial charge is 0.381 e. The van der Waals surface area contributed by atoms with Crippen LogP contribution in [-0.2, 0) is 0 Å². The van der Waals surface area contributed by atoms with Gasteiger partial charge >= 0.3 is 0 Å². The molecule has 1 aliphatic carbocycles. The molecule has 0 bridgehead atoms. The fraction of sp³-hybridized carbons (Fsp3) is 0.538. The van der Waals surface area contributed by atoms with Gasteiger partial charge in [-0.3, -0.25) is 4.98 Å². The molecule has 4 heteroatoms. The van der Waals surface area contributed by atoms with Crippen LogP contribution in [0.1, 0.15) is 37.7 Å². The Bertz CT molecular complexity index is 416. The third-order valence-corrected chi connectivity index (χ3v) is 3.42. The summed E-state index contributed by atoms with van der Waals surface area (Å²) in [6.07, 6.45) is 9.12. The second-order valence-electron chi connectivity index (χ2n) is 4.81. The van der Waals surface area contributed by atoms with Crippen molar-refractivity contribution >= 4 is 5.69 Å². The van der Waals surface area contributed by atoms with Crippen molar-refractivity contribution in [1.29, 1.82) is 5.26 Å². The van der Waals surface area contributed by atoms with Crippen molar-refractivity contribution in [2.24, 2.45) is 5.73 Å². The Hall–Kier alpha value is -1.60. The number of anilines is 1. The fourth-order valence-corrected chi connectivity index (χ4v) is 2.34. The maximum absolute atomic E-state index is 8.97. The lowest BCUT2D eigenvalue weighted by atomic mass is 9.82. The number of nitriles is 1. The van der Waals surface area contributed by atoms with Gasteiger partial charge in [0.1, 0.15) is 6.07 Å². The molecule has 1 fully saturated rings. The lowest BCUT2D eigenvalue weighted by Gasteiger charge is -2.33. The maximum atomic E-state index is 8.97. The van der Waals surface area contributed by atoms with Crippen molar-refractivity contribution in [1.82, 2.24) is 4.98 Å². The Balaban J connectivity index is 2.00. The average Bonchev–Trinajstić information content (AvgIpc) is 2.38. The molecule has 17 heavy (non-hydrogen) atoms. The van der Waals surface area contributed by atoms with Gasteiger partial charge in [0.05, 0.1) is 17.4 Å². The molecule has 0 saturated heterocycles. The van der Waals surface area contributed by atoms with Gasteiger partial charge in [-0.2, -0.15) is 5.26 Å². The van der Waals surface area contributed by atoms with Crippen LogP contribution in [0.25, 0.3) is 0 Å². The van der Waals surface area contributed by atoms with Crippen LogP contribution in [0.3, 0.4) is 0 Å². The Morgan fingerprint density at radius 2 is 2.18 bits per heavy atom. The highest BCUT2D eigenvalue weighted by atomic mass is 15.0. The molecule has 0 atom stereocenters. The number of pyridine rings is 1. The molecule has 0 aromatic carbocycles. The lowest BCUT2D eigenvalue weighted by molar-refractivity contribution is 0.311. The zero-order valence-corrected chi connectivity index (χ0v) is 9.95. The van der Waals surface area contributed by atoms with E-state index in [1.54, 1.807) is 18.5 Å². The molecule has 4 nitrogen and oxygen atoms in total. The molecular weight excluding hydrogens is 212 g/mol. The van der Waals surface area contributed by atoms with Crippen LogP contribution >= 0.6 is 0 Å². The van der Waals surface area contributed by atoms with Crippen molar-refractivity contribution in [3.63, 3.8) is 0 Å². The van der Waals surface area contributed by atoms with Gasteiger partial charge in [0.25, 0.3) is 0 Å². The number of hydrogen-bond acceptors (Lipinski definition) is 4. The van der Waals surface area contributed by atoms with Crippen molar-refractivity contribution < 1.29 is 0 Å². The summed E-state index contributed by atoms with van der Waals surface area (Å²) in [6, 6.07) is 3.87. The second-order valence-corrected chi connectivity index (χ2v) is 4.81. The Labute approximate surface area is 102 Å². The maximum Gasteiger partial charge on any atom is 0.101 e. The number of hydrogen-bond donors (Lipinski definition) is 2. The van der Waals surface area contributed by atoms with Crippen LogP contribution < -0.4 is 11.1 Å². The molecule has 3 N–H and O–H groups in total. The van der Waals surface area contributed by atoms with Gasteiger partial charge in [-0.15, -0.1) is 0 Å². The minimum Gasteiger partial charge on any atom is -0.381 e. The first-order valence-corrected chi connectivity index (χ1v) is 6.10. The van der Waals surface area contributed by atoms with Crippen molar-refractivity contribution in [2.45, 2.75) is 37.6 Å². The molecule has 2 rings (SSSR count). The summed E-state index contributed by atoms with van der Waals surface area (Å²) in [5, 5.41) is 12.2. The van der Waals surface area contributed by atoms with Crippen molar-refractivity contribution in [3.8, 4) is 6.07 Å². The van der Waals surface area contributed by atoms with E-state index < -0.39 is 0 Å². The van der Waals surface area contributed by atoms with Crippen LogP contribution in [0.15, 0.2) is 18.5 Å². The molecule has 1 aromatic rings. The summed E-state index contributed by atoms with van der Waals surface area (Å²) in [4.78, 5) is 4.03. The zero-order chi connectivity index (χ0) is 12.1. The summed E-state index contributed by atoms with van der Waals surface area (Å²) in [5.41, 5.74) is 7.62. The molecule has 0 radical (unpaired) electrons. The number of nitrogens with zero attached hydrogens (tertiary/aromatic N) is 2. The van der Waals surface area contributed by atoms with Crippen LogP contribution in [0, 0.1) is 11.3 Å². The van der Waals surface area contributed by atoms with Crippen molar-refractivity contribution in [2.75, 3.05) is 11.9 Å². The van der Waals surface area contributed by atoms with Crippen LogP contribution in [0.4, 0.5) is 5.69 Å². The Morgan fingerprint density at radius 3 is 2.88 bits per heavy atom. The van der Waals surface area contributed by atoms with E-state index >= 15 is 0 Å². The topological polar surface area (TPSA) is 74.7 Å². The van der Waals surface area contributed by atoms with Gasteiger partial charge < -0.3 is 11.1 Å². The zero-order valence-electron chi connectivity index (χ0n) is 9.95. The average molecular weight is 230 g/mol. The number of nitrogens with two attached hydrogens (primary N) is 1. The van der Waals surface area contributed by atoms with Gasteiger partial charge in [-0.05, 0) is 18.9 Å². The van der Waals surface area contributed by atoms with Crippen molar-refractivity contribution in [3.05, 3.63) is 24.0 Å². The van der Waals surface area contributed by atoms with E-state index in [1.807, 2.05) is 0 Å². The highest BCUT2D eigenvalue weighted by Gasteiger charge is 2.27. The van der Waals surface area contributed by atoms with Gasteiger partial charge in [-0.1, -0.05) is 19.3 Å². The highest BCUT2D eigenvalue weighted by Crippen LogP contribution is 2.26. The summed E-state index contributed by atoms with van der Waals surface area (Å²) >= 11 is 0. The third-order valence-electron chi connectivity index (χ3n) is 3.42. The van der Waals surface area contributed by atoms with E-state index in [2.05, 4.69) is 16.4 Å². The fourth-order valence-electron chi connectivity index (χ4n) is 2.34. The summed E-state index contributed by atoms with van der Waals surface area (Å²) < 4.78 is 0. The molecule has 90 valence electrons. The summed E-state index contributed by atoms with van der Waals surface area (Å²) in [7, 11) is 0. The quantitative estimate of drug-likeness (QED) is 0.833. The third kappa shape index (κ3) is 2.95. The Morgan fingerprint density at radius 1 is 1.41 bits per heavy atom. The first kappa shape index (κ1) is 11.9. The molecule has 0 amide bonds. The van der Waals surface area contributed by atoms with E-state index in [9.17, 15) is 0 Å². The van der Waals surface area contributed by atoms with E-state index in [4.69, 9.17) is 11.0 Å². The first-order chi connectivity index (χ1) is 8.23. The van der Waals surface area contributed by atoms with Gasteiger partial charge in [0.2, 0.25) is 0 Å². The number of aromatic nitrogens is 1. The molecule has 1 aromatic heterocycles. The van der Waals surface area contributed by atoms with E-state index in [-0.39, 0.29) is 5.54 Å². The molecule has 1 heterocycles. The first-order valence-electron chi connectivity index (χ1n) is 6.10. The molecule has 0 aliphatic heterocycles. The van der Waals surface area contributed by atoms with E-state index in [1.165, 1.54) is 19.3 Å². The minimum absolute atomic E-state index is 0.124. The summed E-state index contributed by atoms with van der Waals surface area (Å²) in [6.45, 7) is 0.716. The van der Waals surface area contributed by atoms with Gasteiger partial charge in [0.15, 0.2) is 0 Å². The predicted molar refractivity (Wildman–Crippen MR) is 67.4 cm³/mol. The van der Waals surface area contributed by atoms with E-state index in [0.717, 1.165) is 18.5 Å². The monoisotopic (exact) mass is 230 g/mol. The summed E-state index contributed by atoms with van der Waals surface area (Å²) in [5.74, 6) is 0. The molecule has 1 saturated carbocycles. The minimum atomic E-state index is -0.124. The predicted octanol–water partition coefficient (Wildman–Crippen LogP) is 2.03. The molecule has 1 aliphatic rings. The number of nitrogens with one attached hydrogen (secondary N) is 1. The normalized spacial score (nSPS) is 18.4. The van der Waals surface area contributed by atoms with Crippen LogP contribution in [0.5, 0.6) is 0 Å². The van der Waals surface area contributed by atoms with Gasteiger partial charge in [0, 0.05) is 18.3 Å². The second kappa shape index (κ2) is 5.15.